The first-order chi connectivity index (χ1) is 8.81. The Bertz CT molecular complexity index is 347. The Morgan fingerprint density at radius 2 is 2.22 bits per heavy atom. The molecule has 0 amide bonds. The zero-order valence-electron chi connectivity index (χ0n) is 11.4. The first-order valence-electron chi connectivity index (χ1n) is 6.79. The van der Waals surface area contributed by atoms with Crippen LogP contribution in [0.4, 0.5) is 5.95 Å². The summed E-state index contributed by atoms with van der Waals surface area (Å²) < 4.78 is 7.26. The smallest absolute Gasteiger partial charge is 0.203 e. The molecule has 1 aromatic rings. The van der Waals surface area contributed by atoms with Crippen molar-refractivity contribution in [2.24, 2.45) is 0 Å². The first-order valence-corrected chi connectivity index (χ1v) is 6.79. The van der Waals surface area contributed by atoms with Crippen LogP contribution in [0.25, 0.3) is 0 Å². The lowest BCUT2D eigenvalue weighted by Crippen LogP contribution is -2.27. The summed E-state index contributed by atoms with van der Waals surface area (Å²) >= 11 is 0. The number of rotatable bonds is 7. The molecule has 1 fully saturated rings. The number of likely N-dealkylation sites (tertiary alicyclic amines) is 1. The summed E-state index contributed by atoms with van der Waals surface area (Å²) in [6.07, 6.45) is 6.59. The highest BCUT2D eigenvalue weighted by atomic mass is 16.5. The number of hydrogen-bond donors (Lipinski definition) is 1. The lowest BCUT2D eigenvalue weighted by Gasteiger charge is -2.22. The average Bonchev–Trinajstić information content (AvgIpc) is 3.00. The Morgan fingerprint density at radius 1 is 1.44 bits per heavy atom. The van der Waals surface area contributed by atoms with Crippen LogP contribution in [0.5, 0.6) is 0 Å². The third kappa shape index (κ3) is 3.46. The lowest BCUT2D eigenvalue weighted by atomic mass is 10.3. The lowest BCUT2D eigenvalue weighted by molar-refractivity contribution is 0.210. The number of ether oxygens (including phenoxy) is 1. The van der Waals surface area contributed by atoms with Gasteiger partial charge in [-0.25, -0.2) is 4.98 Å². The molecule has 0 aliphatic carbocycles. The number of nitrogens with one attached hydrogen (secondary N) is 1. The van der Waals surface area contributed by atoms with Crippen LogP contribution < -0.4 is 5.32 Å². The molecule has 1 saturated heterocycles. The van der Waals surface area contributed by atoms with E-state index in [0.717, 1.165) is 19.0 Å². The third-order valence-electron chi connectivity index (χ3n) is 3.45. The molecule has 0 bridgehead atoms. The second-order valence-electron chi connectivity index (χ2n) is 4.93. The van der Waals surface area contributed by atoms with E-state index in [1.807, 2.05) is 6.20 Å². The topological polar surface area (TPSA) is 42.3 Å². The summed E-state index contributed by atoms with van der Waals surface area (Å²) in [5.74, 6) is 0.943. The molecule has 0 aromatic carbocycles. The molecule has 1 atom stereocenters. The van der Waals surface area contributed by atoms with Crippen molar-refractivity contribution in [3.63, 3.8) is 0 Å². The Labute approximate surface area is 109 Å². The normalized spacial score (nSPS) is 18.1. The predicted molar refractivity (Wildman–Crippen MR) is 73.0 cm³/mol. The first kappa shape index (κ1) is 13.4. The Balaban J connectivity index is 1.88. The number of hydrogen-bond acceptors (Lipinski definition) is 4. The van der Waals surface area contributed by atoms with E-state index >= 15 is 0 Å². The summed E-state index contributed by atoms with van der Waals surface area (Å²) in [4.78, 5) is 6.89. The highest BCUT2D eigenvalue weighted by molar-refractivity contribution is 5.26. The minimum absolute atomic E-state index is 0.454. The van der Waals surface area contributed by atoms with Crippen molar-refractivity contribution in [3.05, 3.63) is 12.4 Å². The van der Waals surface area contributed by atoms with Crippen LogP contribution in [-0.2, 0) is 4.74 Å². The van der Waals surface area contributed by atoms with Gasteiger partial charge in [-0.2, -0.15) is 0 Å². The van der Waals surface area contributed by atoms with Crippen LogP contribution in [-0.4, -0.2) is 54.3 Å². The number of anilines is 1. The summed E-state index contributed by atoms with van der Waals surface area (Å²) in [7, 11) is 1.71. The van der Waals surface area contributed by atoms with Crippen LogP contribution in [0, 0.1) is 0 Å². The van der Waals surface area contributed by atoms with Crippen molar-refractivity contribution in [2.45, 2.75) is 25.8 Å². The quantitative estimate of drug-likeness (QED) is 0.749. The molecular formula is C13H24N4O. The van der Waals surface area contributed by atoms with Gasteiger partial charge in [0.2, 0.25) is 5.95 Å². The van der Waals surface area contributed by atoms with E-state index in [0.29, 0.717) is 12.6 Å². The standard InChI is InChI=1S/C13H24N4O/c1-12(11-16-7-3-4-8-16)17-9-5-14-13(17)15-6-10-18-2/h5,9,12H,3-4,6-8,10-11H2,1-2H3,(H,14,15). The largest absolute Gasteiger partial charge is 0.383 e. The fraction of sp³-hybridized carbons (Fsp3) is 0.769. The van der Waals surface area contributed by atoms with Gasteiger partial charge in [0, 0.05) is 38.6 Å². The number of aromatic nitrogens is 2. The van der Waals surface area contributed by atoms with Crippen LogP contribution in [0.2, 0.25) is 0 Å². The summed E-state index contributed by atoms with van der Waals surface area (Å²) in [6.45, 7) is 7.34. The minimum Gasteiger partial charge on any atom is -0.383 e. The Hall–Kier alpha value is -1.07. The summed E-state index contributed by atoms with van der Waals surface area (Å²) in [5, 5.41) is 3.31. The van der Waals surface area contributed by atoms with Gasteiger partial charge in [0.15, 0.2) is 0 Å². The van der Waals surface area contributed by atoms with E-state index in [1.54, 1.807) is 7.11 Å². The van der Waals surface area contributed by atoms with Gasteiger partial charge in [0.1, 0.15) is 0 Å². The molecule has 0 saturated carbocycles. The van der Waals surface area contributed by atoms with Crippen LogP contribution in [0.15, 0.2) is 12.4 Å². The molecule has 0 spiro atoms. The molecule has 2 heterocycles. The average molecular weight is 252 g/mol. The summed E-state index contributed by atoms with van der Waals surface area (Å²) in [6, 6.07) is 0.454. The van der Waals surface area contributed by atoms with Crippen molar-refractivity contribution >= 4 is 5.95 Å². The number of imidazole rings is 1. The summed E-state index contributed by atoms with van der Waals surface area (Å²) in [5.41, 5.74) is 0. The van der Waals surface area contributed by atoms with E-state index in [-0.39, 0.29) is 0 Å². The second-order valence-corrected chi connectivity index (χ2v) is 4.93. The Morgan fingerprint density at radius 3 is 2.94 bits per heavy atom. The highest BCUT2D eigenvalue weighted by Gasteiger charge is 2.17. The zero-order chi connectivity index (χ0) is 12.8. The van der Waals surface area contributed by atoms with Gasteiger partial charge in [-0.15, -0.1) is 0 Å². The van der Waals surface area contributed by atoms with Crippen LogP contribution in [0.3, 0.4) is 0 Å². The van der Waals surface area contributed by atoms with E-state index in [4.69, 9.17) is 4.74 Å². The van der Waals surface area contributed by atoms with Gasteiger partial charge >= 0.3 is 0 Å². The second kappa shape index (κ2) is 6.75. The van der Waals surface area contributed by atoms with E-state index in [9.17, 15) is 0 Å². The molecular weight excluding hydrogens is 228 g/mol. The van der Waals surface area contributed by atoms with Crippen molar-refractivity contribution < 1.29 is 4.74 Å². The number of nitrogens with zero attached hydrogens (tertiary/aromatic N) is 3. The van der Waals surface area contributed by atoms with Crippen LogP contribution in [0.1, 0.15) is 25.8 Å². The van der Waals surface area contributed by atoms with E-state index < -0.39 is 0 Å². The van der Waals surface area contributed by atoms with Gasteiger partial charge in [-0.3, -0.25) is 0 Å². The van der Waals surface area contributed by atoms with Crippen molar-refractivity contribution in [2.75, 3.05) is 45.2 Å². The van der Waals surface area contributed by atoms with Gasteiger partial charge in [0.25, 0.3) is 0 Å². The van der Waals surface area contributed by atoms with Gasteiger partial charge in [0.05, 0.1) is 6.61 Å². The van der Waals surface area contributed by atoms with Crippen LogP contribution >= 0.6 is 0 Å². The fourth-order valence-corrected chi connectivity index (χ4v) is 2.50. The zero-order valence-corrected chi connectivity index (χ0v) is 11.4. The molecule has 0 radical (unpaired) electrons. The van der Waals surface area contributed by atoms with Crippen molar-refractivity contribution in [1.82, 2.24) is 14.5 Å². The molecule has 1 aliphatic rings. The van der Waals surface area contributed by atoms with E-state index in [1.165, 1.54) is 25.9 Å². The van der Waals surface area contributed by atoms with Gasteiger partial charge in [-0.05, 0) is 32.9 Å². The molecule has 102 valence electrons. The SMILES string of the molecule is COCCNc1nccn1C(C)CN1CCCC1. The maximum absolute atomic E-state index is 5.04. The molecule has 1 aromatic heterocycles. The maximum atomic E-state index is 5.04. The molecule has 5 nitrogen and oxygen atoms in total. The maximum Gasteiger partial charge on any atom is 0.203 e. The molecule has 1 aliphatic heterocycles. The van der Waals surface area contributed by atoms with E-state index in [2.05, 4.69) is 32.9 Å². The van der Waals surface area contributed by atoms with Crippen molar-refractivity contribution in [1.29, 1.82) is 0 Å². The van der Waals surface area contributed by atoms with Gasteiger partial charge < -0.3 is 19.5 Å². The predicted octanol–water partition coefficient (Wildman–Crippen LogP) is 1.60. The van der Waals surface area contributed by atoms with Gasteiger partial charge in [-0.1, -0.05) is 0 Å². The number of methoxy groups -OCH3 is 1. The molecule has 5 heteroatoms. The molecule has 1 N–H and O–H groups in total. The fourth-order valence-electron chi connectivity index (χ4n) is 2.50. The minimum atomic E-state index is 0.454. The molecule has 1 unspecified atom stereocenters. The van der Waals surface area contributed by atoms with Crippen molar-refractivity contribution in [3.8, 4) is 0 Å². The third-order valence-corrected chi connectivity index (χ3v) is 3.45. The monoisotopic (exact) mass is 252 g/mol. The molecule has 18 heavy (non-hydrogen) atoms. The Kier molecular flexibility index (Phi) is 5.01. The highest BCUT2D eigenvalue weighted by Crippen LogP contribution is 2.17. The molecule has 2 rings (SSSR count).